The highest BCUT2D eigenvalue weighted by molar-refractivity contribution is 5.54. The van der Waals surface area contributed by atoms with Crippen LogP contribution in [-0.4, -0.2) is 55.7 Å². The average molecular weight is 363 g/mol. The van der Waals surface area contributed by atoms with E-state index in [4.69, 9.17) is 4.52 Å². The Morgan fingerprint density at radius 2 is 2.04 bits per heavy atom. The number of hydrogen-bond donors (Lipinski definition) is 0. The highest BCUT2D eigenvalue weighted by atomic mass is 16.6. The number of aryl methyl sites for hydroxylation is 1. The Bertz CT molecular complexity index is 777. The van der Waals surface area contributed by atoms with E-state index >= 15 is 0 Å². The van der Waals surface area contributed by atoms with Gasteiger partial charge in [-0.05, 0) is 16.3 Å². The van der Waals surface area contributed by atoms with Crippen molar-refractivity contribution in [2.24, 2.45) is 7.05 Å². The number of hydrogen-bond acceptors (Lipinski definition) is 8. The molecule has 0 aliphatic carbocycles. The molecule has 1 saturated heterocycles. The first-order chi connectivity index (χ1) is 12.3. The van der Waals surface area contributed by atoms with Crippen LogP contribution in [0.5, 0.6) is 0 Å². The summed E-state index contributed by atoms with van der Waals surface area (Å²) in [6.07, 6.45) is 2.38. The van der Waals surface area contributed by atoms with E-state index in [1.807, 2.05) is 25.7 Å². The Labute approximate surface area is 151 Å². The summed E-state index contributed by atoms with van der Waals surface area (Å²) >= 11 is 0. The Kier molecular flexibility index (Phi) is 4.94. The first-order valence-electron chi connectivity index (χ1n) is 8.72. The van der Waals surface area contributed by atoms with Crippen molar-refractivity contribution in [3.8, 4) is 0 Å². The van der Waals surface area contributed by atoms with Crippen molar-refractivity contribution in [2.45, 2.75) is 39.2 Å². The third kappa shape index (κ3) is 3.85. The largest absolute Gasteiger partial charge is 0.406 e. The second-order valence-electron chi connectivity index (χ2n) is 7.64. The van der Waals surface area contributed by atoms with Gasteiger partial charge in [0.15, 0.2) is 5.82 Å². The zero-order chi connectivity index (χ0) is 18.9. The normalized spacial score (nSPS) is 16.7. The molecule has 1 aliphatic rings. The topological polar surface area (TPSA) is 106 Å². The Hall–Kier alpha value is -2.49. The highest BCUT2D eigenvalue weighted by Crippen LogP contribution is 2.27. The smallest absolute Gasteiger partial charge is 0.358 e. The van der Waals surface area contributed by atoms with Crippen LogP contribution < -0.4 is 4.90 Å². The molecule has 2 aromatic rings. The molecule has 0 aromatic carbocycles. The van der Waals surface area contributed by atoms with Crippen LogP contribution in [0.1, 0.15) is 38.9 Å². The second kappa shape index (κ2) is 7.02. The Balaban J connectivity index is 1.66. The van der Waals surface area contributed by atoms with Crippen LogP contribution in [0.4, 0.5) is 11.6 Å². The second-order valence-corrected chi connectivity index (χ2v) is 7.64. The predicted molar refractivity (Wildman–Crippen MR) is 95.0 cm³/mol. The molecule has 0 atom stereocenters. The van der Waals surface area contributed by atoms with E-state index in [1.165, 1.54) is 6.33 Å². The molecule has 0 amide bonds. The molecule has 10 heteroatoms. The van der Waals surface area contributed by atoms with Crippen LogP contribution in [0, 0.1) is 10.1 Å². The Morgan fingerprint density at radius 3 is 2.69 bits per heavy atom. The summed E-state index contributed by atoms with van der Waals surface area (Å²) in [7, 11) is 1.78. The molecule has 0 saturated carbocycles. The van der Waals surface area contributed by atoms with Crippen LogP contribution in [0.15, 0.2) is 10.9 Å². The first kappa shape index (κ1) is 18.3. The van der Waals surface area contributed by atoms with Gasteiger partial charge in [-0.1, -0.05) is 25.9 Å². The third-order valence-electron chi connectivity index (χ3n) is 4.42. The highest BCUT2D eigenvalue weighted by Gasteiger charge is 2.28. The maximum Gasteiger partial charge on any atom is 0.406 e. The maximum absolute atomic E-state index is 11.2. The molecule has 3 heterocycles. The molecule has 1 aliphatic heterocycles. The zero-order valence-corrected chi connectivity index (χ0v) is 15.7. The van der Waals surface area contributed by atoms with E-state index in [2.05, 4.69) is 20.0 Å². The number of anilines is 1. The van der Waals surface area contributed by atoms with Crippen molar-refractivity contribution in [1.29, 1.82) is 0 Å². The van der Waals surface area contributed by atoms with Gasteiger partial charge in [0.1, 0.15) is 0 Å². The first-order valence-corrected chi connectivity index (χ1v) is 8.72. The fourth-order valence-electron chi connectivity index (χ4n) is 3.07. The SMILES string of the molecule is Cn1cnc([N+](=O)[O-])c1N1CCCN(Cc2noc(C(C)(C)C)n2)CC1. The molecule has 2 aromatic heterocycles. The predicted octanol–water partition coefficient (Wildman–Crippen LogP) is 1.72. The van der Waals surface area contributed by atoms with Crippen LogP contribution in [-0.2, 0) is 19.0 Å². The van der Waals surface area contributed by atoms with Crippen LogP contribution in [0.3, 0.4) is 0 Å². The molecule has 3 rings (SSSR count). The fourth-order valence-corrected chi connectivity index (χ4v) is 3.07. The van der Waals surface area contributed by atoms with Gasteiger partial charge in [-0.25, -0.2) is 0 Å². The lowest BCUT2D eigenvalue weighted by molar-refractivity contribution is -0.388. The van der Waals surface area contributed by atoms with E-state index in [1.54, 1.807) is 11.6 Å². The van der Waals surface area contributed by atoms with E-state index in [0.717, 1.165) is 26.1 Å². The van der Waals surface area contributed by atoms with Gasteiger partial charge in [-0.15, -0.1) is 0 Å². The van der Waals surface area contributed by atoms with Gasteiger partial charge < -0.3 is 19.5 Å². The quantitative estimate of drug-likeness (QED) is 0.597. The average Bonchev–Trinajstić information content (AvgIpc) is 3.10. The molecule has 0 N–H and O–H groups in total. The molecule has 142 valence electrons. The zero-order valence-electron chi connectivity index (χ0n) is 15.7. The monoisotopic (exact) mass is 363 g/mol. The molecule has 0 radical (unpaired) electrons. The van der Waals surface area contributed by atoms with Crippen LogP contribution in [0.25, 0.3) is 0 Å². The number of aromatic nitrogens is 4. The summed E-state index contributed by atoms with van der Waals surface area (Å²) in [5.41, 5.74) is -0.167. The third-order valence-corrected chi connectivity index (χ3v) is 4.42. The number of imidazole rings is 1. The molecule has 0 spiro atoms. The lowest BCUT2D eigenvalue weighted by atomic mass is 9.97. The van der Waals surface area contributed by atoms with E-state index < -0.39 is 4.92 Å². The minimum absolute atomic E-state index is 0.0889. The van der Waals surface area contributed by atoms with Crippen molar-refractivity contribution in [2.75, 3.05) is 31.1 Å². The van der Waals surface area contributed by atoms with Gasteiger partial charge in [0.05, 0.1) is 6.54 Å². The van der Waals surface area contributed by atoms with Crippen LogP contribution >= 0.6 is 0 Å². The summed E-state index contributed by atoms with van der Waals surface area (Å²) in [5.74, 6) is 1.78. The molecular weight excluding hydrogens is 338 g/mol. The minimum Gasteiger partial charge on any atom is -0.358 e. The lowest BCUT2D eigenvalue weighted by Crippen LogP contribution is -2.32. The maximum atomic E-state index is 11.2. The van der Waals surface area contributed by atoms with Crippen molar-refractivity contribution < 1.29 is 9.45 Å². The van der Waals surface area contributed by atoms with E-state index in [-0.39, 0.29) is 11.2 Å². The molecule has 26 heavy (non-hydrogen) atoms. The van der Waals surface area contributed by atoms with E-state index in [0.29, 0.717) is 30.6 Å². The van der Waals surface area contributed by atoms with Gasteiger partial charge >= 0.3 is 5.82 Å². The summed E-state index contributed by atoms with van der Waals surface area (Å²) in [6.45, 7) is 9.80. The van der Waals surface area contributed by atoms with Gasteiger partial charge in [0.25, 0.3) is 0 Å². The molecule has 0 bridgehead atoms. The standard InChI is InChI=1S/C16H25N7O3/c1-16(2,3)15-18-12(19-26-15)10-21-6-5-7-22(9-8-21)14-13(23(24)25)17-11-20(14)4/h11H,5-10H2,1-4H3. The molecule has 1 fully saturated rings. The summed E-state index contributed by atoms with van der Waals surface area (Å²) in [5, 5.41) is 15.3. The van der Waals surface area contributed by atoms with Gasteiger partial charge in [-0.2, -0.15) is 4.98 Å². The Morgan fingerprint density at radius 1 is 1.27 bits per heavy atom. The van der Waals surface area contributed by atoms with Crippen molar-refractivity contribution in [3.05, 3.63) is 28.2 Å². The van der Waals surface area contributed by atoms with Crippen molar-refractivity contribution >= 4 is 11.6 Å². The molecular formula is C16H25N7O3. The summed E-state index contributed by atoms with van der Waals surface area (Å²) < 4.78 is 7.07. The molecule has 10 nitrogen and oxygen atoms in total. The van der Waals surface area contributed by atoms with Gasteiger partial charge in [-0.3, -0.25) is 9.47 Å². The van der Waals surface area contributed by atoms with E-state index in [9.17, 15) is 10.1 Å². The van der Waals surface area contributed by atoms with Crippen molar-refractivity contribution in [3.63, 3.8) is 0 Å². The molecule has 0 unspecified atom stereocenters. The van der Waals surface area contributed by atoms with Crippen molar-refractivity contribution in [1.82, 2.24) is 24.6 Å². The fraction of sp³-hybridized carbons (Fsp3) is 0.688. The van der Waals surface area contributed by atoms with Gasteiger partial charge in [0, 0.05) is 38.6 Å². The van der Waals surface area contributed by atoms with Crippen LogP contribution in [0.2, 0.25) is 0 Å². The lowest BCUT2D eigenvalue weighted by Gasteiger charge is -2.22. The summed E-state index contributed by atoms with van der Waals surface area (Å²) in [4.78, 5) is 23.5. The van der Waals surface area contributed by atoms with Gasteiger partial charge in [0.2, 0.25) is 18.0 Å². The number of rotatable bonds is 4. The minimum atomic E-state index is -0.425. The number of nitro groups is 1. The number of nitrogens with zero attached hydrogens (tertiary/aromatic N) is 7. The summed E-state index contributed by atoms with van der Waals surface area (Å²) in [6, 6.07) is 0.